The van der Waals surface area contributed by atoms with Crippen LogP contribution in [0.25, 0.3) is 0 Å². The van der Waals surface area contributed by atoms with Crippen LogP contribution in [-0.4, -0.2) is 5.71 Å². The molecule has 0 bridgehead atoms. The van der Waals surface area contributed by atoms with E-state index in [2.05, 4.69) is 75.5 Å². The smallest absolute Gasteiger partial charge is 0.0516 e. The van der Waals surface area contributed by atoms with Gasteiger partial charge >= 0.3 is 0 Å². The highest BCUT2D eigenvalue weighted by atomic mass is 14.8. The number of aliphatic imine (C=N–C) groups is 1. The molecule has 1 fully saturated rings. The van der Waals surface area contributed by atoms with Gasteiger partial charge in [-0.2, -0.15) is 0 Å². The van der Waals surface area contributed by atoms with Gasteiger partial charge in [-0.05, 0) is 49.5 Å². The molecule has 24 heavy (non-hydrogen) atoms. The molecule has 0 spiro atoms. The Morgan fingerprint density at radius 2 is 2.00 bits per heavy atom. The van der Waals surface area contributed by atoms with E-state index >= 15 is 0 Å². The van der Waals surface area contributed by atoms with E-state index in [4.69, 9.17) is 4.99 Å². The van der Waals surface area contributed by atoms with Crippen molar-refractivity contribution in [3.05, 3.63) is 72.0 Å². The maximum atomic E-state index is 4.88. The van der Waals surface area contributed by atoms with E-state index < -0.39 is 0 Å². The van der Waals surface area contributed by atoms with E-state index in [-0.39, 0.29) is 0 Å². The predicted octanol–water partition coefficient (Wildman–Crippen LogP) is 5.81. The minimum Gasteiger partial charge on any atom is -0.261 e. The van der Waals surface area contributed by atoms with Crippen molar-refractivity contribution < 1.29 is 0 Å². The molecule has 4 aliphatic rings. The highest BCUT2D eigenvalue weighted by Gasteiger charge is 2.55. The third-order valence-electron chi connectivity index (χ3n) is 6.29. The lowest BCUT2D eigenvalue weighted by Gasteiger charge is -2.35. The van der Waals surface area contributed by atoms with E-state index in [1.165, 1.54) is 23.3 Å². The van der Waals surface area contributed by atoms with Crippen LogP contribution in [-0.2, 0) is 0 Å². The molecule has 0 aromatic heterocycles. The van der Waals surface area contributed by atoms with Gasteiger partial charge in [0.1, 0.15) is 0 Å². The summed E-state index contributed by atoms with van der Waals surface area (Å²) in [6.45, 7) is 6.78. The van der Waals surface area contributed by atoms with Gasteiger partial charge in [0.15, 0.2) is 0 Å². The van der Waals surface area contributed by atoms with Crippen molar-refractivity contribution in [1.29, 1.82) is 0 Å². The van der Waals surface area contributed by atoms with Crippen LogP contribution in [0, 0.1) is 29.1 Å². The molecule has 0 aromatic carbocycles. The third-order valence-corrected chi connectivity index (χ3v) is 6.29. The average molecular weight is 317 g/mol. The molecule has 0 amide bonds. The Balaban J connectivity index is 1.75. The van der Waals surface area contributed by atoms with Gasteiger partial charge in [-0.15, -0.1) is 0 Å². The maximum absolute atomic E-state index is 4.88. The minimum atomic E-state index is 0.338. The largest absolute Gasteiger partial charge is 0.261 e. The van der Waals surface area contributed by atoms with Gasteiger partial charge < -0.3 is 0 Å². The van der Waals surface area contributed by atoms with Crippen LogP contribution < -0.4 is 0 Å². The fourth-order valence-corrected chi connectivity index (χ4v) is 4.87. The Kier molecular flexibility index (Phi) is 3.83. The lowest BCUT2D eigenvalue weighted by Crippen LogP contribution is -2.32. The monoisotopic (exact) mass is 317 g/mol. The Hall–Kier alpha value is -1.89. The summed E-state index contributed by atoms with van der Waals surface area (Å²) in [6, 6.07) is 0. The van der Waals surface area contributed by atoms with Gasteiger partial charge in [-0.25, -0.2) is 0 Å². The molecule has 1 heterocycles. The second-order valence-electron chi connectivity index (χ2n) is 7.78. The van der Waals surface area contributed by atoms with Crippen molar-refractivity contribution in [1.82, 2.24) is 0 Å². The lowest BCUT2D eigenvalue weighted by molar-refractivity contribution is 0.411. The summed E-state index contributed by atoms with van der Waals surface area (Å²) in [5, 5.41) is 0. The number of rotatable bonds is 3. The summed E-state index contributed by atoms with van der Waals surface area (Å²) in [5.74, 6) is 2.20. The van der Waals surface area contributed by atoms with Crippen LogP contribution in [0.3, 0.4) is 0 Å². The van der Waals surface area contributed by atoms with Crippen LogP contribution in [0.4, 0.5) is 0 Å². The standard InChI is InChI=1S/C23H27N/c1-4-12-23(15-17(23)3)21-10-9-16(2)14-20(21)22-19-8-6-5-7-18(19)11-13-24-22/h4-9,11-14,17-19,21H,10,15H2,1-3H3. The van der Waals surface area contributed by atoms with Gasteiger partial charge in [0.25, 0.3) is 0 Å². The molecule has 1 heteroatoms. The molecule has 0 radical (unpaired) electrons. The Morgan fingerprint density at radius 3 is 2.75 bits per heavy atom. The molecule has 1 nitrogen and oxygen atoms in total. The van der Waals surface area contributed by atoms with Crippen LogP contribution in [0.2, 0.25) is 0 Å². The molecule has 1 saturated carbocycles. The van der Waals surface area contributed by atoms with Gasteiger partial charge in [0, 0.05) is 18.0 Å². The summed E-state index contributed by atoms with van der Waals surface area (Å²) < 4.78 is 0. The topological polar surface area (TPSA) is 12.4 Å². The zero-order valence-electron chi connectivity index (χ0n) is 14.9. The Bertz CT molecular complexity index is 740. The van der Waals surface area contributed by atoms with Crippen molar-refractivity contribution in [3.8, 4) is 0 Å². The summed E-state index contributed by atoms with van der Waals surface area (Å²) in [7, 11) is 0. The van der Waals surface area contributed by atoms with Crippen LogP contribution in [0.15, 0.2) is 77.0 Å². The zero-order chi connectivity index (χ0) is 16.7. The fourth-order valence-electron chi connectivity index (χ4n) is 4.87. The molecular formula is C23H27N. The van der Waals surface area contributed by atoms with Crippen molar-refractivity contribution in [2.45, 2.75) is 33.6 Å². The number of fused-ring (bicyclic) bond motifs is 1. The normalized spacial score (nSPS) is 40.2. The summed E-state index contributed by atoms with van der Waals surface area (Å²) >= 11 is 0. The quantitative estimate of drug-likeness (QED) is 0.583. The van der Waals surface area contributed by atoms with Crippen molar-refractivity contribution in [2.75, 3.05) is 0 Å². The molecule has 4 rings (SSSR count). The molecule has 3 aliphatic carbocycles. The van der Waals surface area contributed by atoms with Crippen LogP contribution in [0.5, 0.6) is 0 Å². The molecule has 5 unspecified atom stereocenters. The highest BCUT2D eigenvalue weighted by Crippen LogP contribution is 2.62. The summed E-state index contributed by atoms with van der Waals surface area (Å²) in [4.78, 5) is 4.88. The summed E-state index contributed by atoms with van der Waals surface area (Å²) in [5.41, 5.74) is 4.50. The van der Waals surface area contributed by atoms with Crippen LogP contribution in [0.1, 0.15) is 33.6 Å². The minimum absolute atomic E-state index is 0.338. The molecule has 1 aliphatic heterocycles. The van der Waals surface area contributed by atoms with Crippen molar-refractivity contribution >= 4 is 5.71 Å². The summed E-state index contributed by atoms with van der Waals surface area (Å²) in [6.07, 6.45) is 25.2. The Labute approximate surface area is 146 Å². The number of nitrogens with zero attached hydrogens (tertiary/aromatic N) is 1. The molecule has 0 saturated heterocycles. The van der Waals surface area contributed by atoms with Gasteiger partial charge in [-0.1, -0.05) is 67.2 Å². The Morgan fingerprint density at radius 1 is 1.21 bits per heavy atom. The first-order valence-electron chi connectivity index (χ1n) is 9.27. The average Bonchev–Trinajstić information content (AvgIpc) is 3.25. The van der Waals surface area contributed by atoms with Gasteiger partial charge in [-0.3, -0.25) is 4.99 Å². The van der Waals surface area contributed by atoms with E-state index in [9.17, 15) is 0 Å². The lowest BCUT2D eigenvalue weighted by atomic mass is 9.69. The highest BCUT2D eigenvalue weighted by molar-refractivity contribution is 6.05. The molecule has 5 atom stereocenters. The number of hydrogen-bond acceptors (Lipinski definition) is 1. The first-order chi connectivity index (χ1) is 11.7. The SMILES string of the molecule is CC=CC1(C2CC=C(C)C=C2C2=NC=CC3C=CC=CC23)CC1C. The first-order valence-corrected chi connectivity index (χ1v) is 9.27. The molecule has 0 N–H and O–H groups in total. The second-order valence-corrected chi connectivity index (χ2v) is 7.78. The second kappa shape index (κ2) is 5.88. The third kappa shape index (κ3) is 2.42. The van der Waals surface area contributed by atoms with Crippen molar-refractivity contribution in [2.24, 2.45) is 34.1 Å². The van der Waals surface area contributed by atoms with Crippen LogP contribution >= 0.6 is 0 Å². The van der Waals surface area contributed by atoms with Crippen molar-refractivity contribution in [3.63, 3.8) is 0 Å². The zero-order valence-corrected chi connectivity index (χ0v) is 14.9. The fraction of sp³-hybridized carbons (Fsp3) is 0.435. The van der Waals surface area contributed by atoms with E-state index in [1.807, 2.05) is 6.20 Å². The van der Waals surface area contributed by atoms with E-state index in [1.54, 1.807) is 0 Å². The molecular weight excluding hydrogens is 290 g/mol. The molecule has 124 valence electrons. The van der Waals surface area contributed by atoms with Gasteiger partial charge in [0.05, 0.1) is 5.71 Å². The van der Waals surface area contributed by atoms with Gasteiger partial charge in [0.2, 0.25) is 0 Å². The predicted molar refractivity (Wildman–Crippen MR) is 103 cm³/mol. The van der Waals surface area contributed by atoms with E-state index in [0.717, 1.165) is 12.3 Å². The molecule has 0 aromatic rings. The van der Waals surface area contributed by atoms with E-state index in [0.29, 0.717) is 23.2 Å². The first kappa shape index (κ1) is 15.6. The number of allylic oxidation sites excluding steroid dienone is 11. The number of hydrogen-bond donors (Lipinski definition) is 0. The maximum Gasteiger partial charge on any atom is 0.0516 e.